The van der Waals surface area contributed by atoms with Gasteiger partial charge in [0.2, 0.25) is 5.91 Å². The molecule has 0 spiro atoms. The van der Waals surface area contributed by atoms with Crippen molar-refractivity contribution in [2.45, 2.75) is 45.3 Å². The number of piperidine rings is 1. The maximum absolute atomic E-state index is 12.1. The molecule has 0 N–H and O–H groups in total. The molecule has 0 radical (unpaired) electrons. The Balaban J connectivity index is 1.75. The molecule has 1 aliphatic heterocycles. The van der Waals surface area contributed by atoms with E-state index in [4.69, 9.17) is 4.74 Å². The summed E-state index contributed by atoms with van der Waals surface area (Å²) < 4.78 is 7.57. The highest BCUT2D eigenvalue weighted by Gasteiger charge is 2.23. The van der Waals surface area contributed by atoms with Gasteiger partial charge in [0.15, 0.2) is 0 Å². The van der Waals surface area contributed by atoms with Gasteiger partial charge in [0.1, 0.15) is 12.7 Å². The van der Waals surface area contributed by atoms with Crippen molar-refractivity contribution in [1.82, 2.24) is 19.7 Å². The van der Waals surface area contributed by atoms with Crippen LogP contribution < -0.4 is 0 Å². The second kappa shape index (κ2) is 7.23. The largest absolute Gasteiger partial charge is 0.376 e. The molecular weight excluding hydrogens is 244 g/mol. The van der Waals surface area contributed by atoms with Gasteiger partial charge in [0, 0.05) is 32.7 Å². The molecule has 106 valence electrons. The molecule has 6 nitrogen and oxygen atoms in total. The number of carbonyl (C=O) groups excluding carboxylic acids is 1. The molecule has 1 amide bonds. The van der Waals surface area contributed by atoms with Crippen LogP contribution in [0.4, 0.5) is 0 Å². The van der Waals surface area contributed by atoms with Crippen LogP contribution >= 0.6 is 0 Å². The van der Waals surface area contributed by atoms with Crippen LogP contribution in [0.1, 0.15) is 32.6 Å². The molecule has 1 aliphatic rings. The van der Waals surface area contributed by atoms with Crippen molar-refractivity contribution in [3.63, 3.8) is 0 Å². The van der Waals surface area contributed by atoms with Gasteiger partial charge in [-0.2, -0.15) is 0 Å². The van der Waals surface area contributed by atoms with Crippen LogP contribution in [-0.4, -0.2) is 51.4 Å². The second-order valence-corrected chi connectivity index (χ2v) is 4.92. The predicted molar refractivity (Wildman–Crippen MR) is 70.5 cm³/mol. The Kier molecular flexibility index (Phi) is 5.32. The molecule has 0 aromatic carbocycles. The highest BCUT2D eigenvalue weighted by molar-refractivity contribution is 5.76. The zero-order valence-corrected chi connectivity index (χ0v) is 11.5. The monoisotopic (exact) mass is 266 g/mol. The van der Waals surface area contributed by atoms with Gasteiger partial charge in [-0.15, -0.1) is 10.2 Å². The molecule has 1 aromatic heterocycles. The smallest absolute Gasteiger partial charge is 0.224 e. The normalized spacial score (nSPS) is 19.6. The van der Waals surface area contributed by atoms with Crippen LogP contribution in [0.3, 0.4) is 0 Å². The number of nitrogens with zero attached hydrogens (tertiary/aromatic N) is 4. The Morgan fingerprint density at radius 2 is 2.21 bits per heavy atom. The molecule has 2 heterocycles. The molecule has 1 saturated heterocycles. The first-order chi connectivity index (χ1) is 9.29. The van der Waals surface area contributed by atoms with Crippen molar-refractivity contribution in [2.75, 3.05) is 19.7 Å². The van der Waals surface area contributed by atoms with Crippen molar-refractivity contribution >= 4 is 5.91 Å². The van der Waals surface area contributed by atoms with Crippen molar-refractivity contribution in [2.24, 2.45) is 0 Å². The van der Waals surface area contributed by atoms with Crippen LogP contribution in [0.2, 0.25) is 0 Å². The Morgan fingerprint density at radius 1 is 1.42 bits per heavy atom. The fourth-order valence-corrected chi connectivity index (χ4v) is 2.31. The Labute approximate surface area is 113 Å². The van der Waals surface area contributed by atoms with E-state index in [9.17, 15) is 4.79 Å². The molecule has 1 atom stereocenters. The van der Waals surface area contributed by atoms with E-state index in [1.165, 1.54) is 0 Å². The number of hydrogen-bond donors (Lipinski definition) is 0. The van der Waals surface area contributed by atoms with E-state index in [1.54, 1.807) is 12.7 Å². The molecule has 1 fully saturated rings. The highest BCUT2D eigenvalue weighted by atomic mass is 16.5. The van der Waals surface area contributed by atoms with Crippen LogP contribution in [0.15, 0.2) is 12.7 Å². The molecular formula is C13H22N4O2. The molecule has 0 bridgehead atoms. The van der Waals surface area contributed by atoms with E-state index in [0.29, 0.717) is 13.0 Å². The van der Waals surface area contributed by atoms with E-state index in [2.05, 4.69) is 17.1 Å². The Bertz CT molecular complexity index is 380. The van der Waals surface area contributed by atoms with Gasteiger partial charge in [0.05, 0.1) is 6.10 Å². The van der Waals surface area contributed by atoms with Crippen molar-refractivity contribution in [1.29, 1.82) is 0 Å². The van der Waals surface area contributed by atoms with E-state index < -0.39 is 0 Å². The van der Waals surface area contributed by atoms with Crippen LogP contribution in [0, 0.1) is 0 Å². The summed E-state index contributed by atoms with van der Waals surface area (Å²) in [6.07, 6.45) is 7.11. The van der Waals surface area contributed by atoms with Gasteiger partial charge in [-0.1, -0.05) is 6.92 Å². The number of ether oxygens (including phenoxy) is 1. The average Bonchev–Trinajstić information content (AvgIpc) is 2.96. The molecule has 1 aromatic rings. The minimum Gasteiger partial charge on any atom is -0.376 e. The van der Waals surface area contributed by atoms with Crippen LogP contribution in [0.5, 0.6) is 0 Å². The summed E-state index contributed by atoms with van der Waals surface area (Å²) in [7, 11) is 0. The number of aryl methyl sites for hydroxylation is 1. The quantitative estimate of drug-likeness (QED) is 0.773. The first-order valence-corrected chi connectivity index (χ1v) is 7.01. The third-order valence-electron chi connectivity index (χ3n) is 3.34. The molecule has 0 saturated carbocycles. The van der Waals surface area contributed by atoms with Crippen LogP contribution in [-0.2, 0) is 16.1 Å². The fourth-order valence-electron chi connectivity index (χ4n) is 2.31. The van der Waals surface area contributed by atoms with Gasteiger partial charge < -0.3 is 14.2 Å². The Hall–Kier alpha value is -1.43. The summed E-state index contributed by atoms with van der Waals surface area (Å²) in [5.74, 6) is 0.193. The fraction of sp³-hybridized carbons (Fsp3) is 0.769. The molecule has 19 heavy (non-hydrogen) atoms. The lowest BCUT2D eigenvalue weighted by Crippen LogP contribution is -2.43. The SMILES string of the molecule is CCCOC1CCCN(C(=O)CCn2cnnc2)C1. The summed E-state index contributed by atoms with van der Waals surface area (Å²) in [4.78, 5) is 14.1. The zero-order chi connectivity index (χ0) is 13.5. The highest BCUT2D eigenvalue weighted by Crippen LogP contribution is 2.14. The summed E-state index contributed by atoms with van der Waals surface area (Å²) in [5, 5.41) is 7.45. The first kappa shape index (κ1) is 14.0. The lowest BCUT2D eigenvalue weighted by molar-refractivity contribution is -0.135. The summed E-state index contributed by atoms with van der Waals surface area (Å²) in [5.41, 5.74) is 0. The summed E-state index contributed by atoms with van der Waals surface area (Å²) >= 11 is 0. The van der Waals surface area contributed by atoms with Gasteiger partial charge in [-0.05, 0) is 19.3 Å². The molecule has 2 rings (SSSR count). The second-order valence-electron chi connectivity index (χ2n) is 4.92. The minimum atomic E-state index is 0.193. The predicted octanol–water partition coefficient (Wildman–Crippen LogP) is 1.09. The Morgan fingerprint density at radius 3 is 2.95 bits per heavy atom. The summed E-state index contributed by atoms with van der Waals surface area (Å²) in [6.45, 7) is 5.12. The van der Waals surface area contributed by atoms with Crippen LogP contribution in [0.25, 0.3) is 0 Å². The minimum absolute atomic E-state index is 0.193. The van der Waals surface area contributed by atoms with Gasteiger partial charge in [-0.25, -0.2) is 0 Å². The number of carbonyl (C=O) groups is 1. The van der Waals surface area contributed by atoms with Crippen molar-refractivity contribution in [3.8, 4) is 0 Å². The molecule has 1 unspecified atom stereocenters. The standard InChI is InChI=1S/C13H22N4O2/c1-2-8-19-12-4-3-6-17(9-12)13(18)5-7-16-10-14-15-11-16/h10-12H,2-9H2,1H3. The van der Waals surface area contributed by atoms with Gasteiger partial charge in [0.25, 0.3) is 0 Å². The number of amides is 1. The molecule has 6 heteroatoms. The number of rotatable bonds is 6. The first-order valence-electron chi connectivity index (χ1n) is 7.01. The van der Waals surface area contributed by atoms with Gasteiger partial charge >= 0.3 is 0 Å². The maximum atomic E-state index is 12.1. The topological polar surface area (TPSA) is 60.2 Å². The summed E-state index contributed by atoms with van der Waals surface area (Å²) in [6, 6.07) is 0. The van der Waals surface area contributed by atoms with E-state index >= 15 is 0 Å². The van der Waals surface area contributed by atoms with E-state index in [1.807, 2.05) is 9.47 Å². The van der Waals surface area contributed by atoms with E-state index in [-0.39, 0.29) is 12.0 Å². The third-order valence-corrected chi connectivity index (χ3v) is 3.34. The number of likely N-dealkylation sites (tertiary alicyclic amines) is 1. The number of aromatic nitrogens is 3. The van der Waals surface area contributed by atoms with E-state index in [0.717, 1.165) is 39.0 Å². The van der Waals surface area contributed by atoms with Crippen molar-refractivity contribution < 1.29 is 9.53 Å². The average molecular weight is 266 g/mol. The third kappa shape index (κ3) is 4.31. The molecule has 0 aliphatic carbocycles. The van der Waals surface area contributed by atoms with Crippen molar-refractivity contribution in [3.05, 3.63) is 12.7 Å². The lowest BCUT2D eigenvalue weighted by atomic mass is 10.1. The number of hydrogen-bond acceptors (Lipinski definition) is 4. The maximum Gasteiger partial charge on any atom is 0.224 e. The van der Waals surface area contributed by atoms with Gasteiger partial charge in [-0.3, -0.25) is 4.79 Å². The lowest BCUT2D eigenvalue weighted by Gasteiger charge is -2.32. The zero-order valence-electron chi connectivity index (χ0n) is 11.5.